The fourth-order valence-corrected chi connectivity index (χ4v) is 3.52. The number of pyridine rings is 1. The average molecular weight is 398 g/mol. The zero-order valence-electron chi connectivity index (χ0n) is 11.7. The SMILES string of the molecule is CCNC(Cc1ccccc1C)c1ncc(Br)cc1Br. The number of aromatic nitrogens is 1. The van der Waals surface area contributed by atoms with E-state index in [1.165, 1.54) is 11.1 Å². The second kappa shape index (κ2) is 7.34. The van der Waals surface area contributed by atoms with Crippen molar-refractivity contribution in [2.75, 3.05) is 6.54 Å². The van der Waals surface area contributed by atoms with Gasteiger partial charge < -0.3 is 5.32 Å². The van der Waals surface area contributed by atoms with Gasteiger partial charge in [0.05, 0.1) is 11.7 Å². The number of likely N-dealkylation sites (N-methyl/N-ethyl adjacent to an activating group) is 1. The first-order chi connectivity index (χ1) is 9.61. The van der Waals surface area contributed by atoms with Crippen LogP contribution in [0.25, 0.3) is 0 Å². The van der Waals surface area contributed by atoms with Gasteiger partial charge in [-0.05, 0) is 68.9 Å². The molecule has 2 nitrogen and oxygen atoms in total. The lowest BCUT2D eigenvalue weighted by Gasteiger charge is -2.20. The number of halogens is 2. The lowest BCUT2D eigenvalue weighted by Crippen LogP contribution is -2.24. The highest BCUT2D eigenvalue weighted by atomic mass is 79.9. The summed E-state index contributed by atoms with van der Waals surface area (Å²) >= 11 is 7.07. The van der Waals surface area contributed by atoms with E-state index in [1.807, 2.05) is 12.3 Å². The van der Waals surface area contributed by atoms with Crippen LogP contribution in [0, 0.1) is 6.92 Å². The Morgan fingerprint density at radius 2 is 2.00 bits per heavy atom. The molecule has 0 amide bonds. The first kappa shape index (κ1) is 15.7. The Morgan fingerprint density at radius 3 is 2.65 bits per heavy atom. The van der Waals surface area contributed by atoms with Crippen molar-refractivity contribution >= 4 is 31.9 Å². The van der Waals surface area contributed by atoms with Gasteiger partial charge in [0.25, 0.3) is 0 Å². The van der Waals surface area contributed by atoms with E-state index < -0.39 is 0 Å². The zero-order chi connectivity index (χ0) is 14.5. The molecule has 1 aromatic carbocycles. The topological polar surface area (TPSA) is 24.9 Å². The number of hydrogen-bond donors (Lipinski definition) is 1. The molecular weight excluding hydrogens is 380 g/mol. The summed E-state index contributed by atoms with van der Waals surface area (Å²) in [6.45, 7) is 5.20. The lowest BCUT2D eigenvalue weighted by atomic mass is 9.99. The lowest BCUT2D eigenvalue weighted by molar-refractivity contribution is 0.533. The molecule has 1 atom stereocenters. The van der Waals surface area contributed by atoms with Crippen molar-refractivity contribution in [3.05, 3.63) is 62.3 Å². The van der Waals surface area contributed by atoms with Gasteiger partial charge in [0.2, 0.25) is 0 Å². The summed E-state index contributed by atoms with van der Waals surface area (Å²) in [7, 11) is 0. The van der Waals surface area contributed by atoms with Crippen LogP contribution in [0.4, 0.5) is 0 Å². The molecule has 0 fully saturated rings. The predicted octanol–water partition coefficient (Wildman–Crippen LogP) is 4.81. The average Bonchev–Trinajstić information content (AvgIpc) is 2.41. The van der Waals surface area contributed by atoms with E-state index in [4.69, 9.17) is 0 Å². The van der Waals surface area contributed by atoms with Crippen LogP contribution in [0.3, 0.4) is 0 Å². The van der Waals surface area contributed by atoms with Crippen LogP contribution in [0.1, 0.15) is 29.8 Å². The van der Waals surface area contributed by atoms with Crippen LogP contribution in [0.2, 0.25) is 0 Å². The summed E-state index contributed by atoms with van der Waals surface area (Å²) < 4.78 is 2.02. The van der Waals surface area contributed by atoms with Crippen LogP contribution in [0.15, 0.2) is 45.5 Å². The molecule has 0 saturated heterocycles. The monoisotopic (exact) mass is 396 g/mol. The highest BCUT2D eigenvalue weighted by Gasteiger charge is 2.16. The predicted molar refractivity (Wildman–Crippen MR) is 90.9 cm³/mol. The summed E-state index contributed by atoms with van der Waals surface area (Å²) in [6.07, 6.45) is 2.79. The Morgan fingerprint density at radius 1 is 1.25 bits per heavy atom. The van der Waals surface area contributed by atoms with Crippen molar-refractivity contribution in [1.82, 2.24) is 10.3 Å². The maximum Gasteiger partial charge on any atom is 0.0719 e. The van der Waals surface area contributed by atoms with Gasteiger partial charge in [-0.3, -0.25) is 4.98 Å². The van der Waals surface area contributed by atoms with Crippen LogP contribution in [-0.4, -0.2) is 11.5 Å². The minimum absolute atomic E-state index is 0.212. The molecule has 106 valence electrons. The van der Waals surface area contributed by atoms with Gasteiger partial charge in [-0.2, -0.15) is 0 Å². The first-order valence-electron chi connectivity index (χ1n) is 6.70. The molecule has 2 aromatic rings. The number of nitrogens with zero attached hydrogens (tertiary/aromatic N) is 1. The van der Waals surface area contributed by atoms with Crippen molar-refractivity contribution in [2.45, 2.75) is 26.3 Å². The maximum atomic E-state index is 4.57. The van der Waals surface area contributed by atoms with Gasteiger partial charge in [-0.1, -0.05) is 31.2 Å². The molecule has 1 unspecified atom stereocenters. The fourth-order valence-electron chi connectivity index (χ4n) is 2.25. The zero-order valence-corrected chi connectivity index (χ0v) is 14.8. The van der Waals surface area contributed by atoms with Gasteiger partial charge in [0, 0.05) is 15.1 Å². The number of hydrogen-bond acceptors (Lipinski definition) is 2. The van der Waals surface area contributed by atoms with Crippen LogP contribution in [0.5, 0.6) is 0 Å². The molecule has 0 aliphatic rings. The number of rotatable bonds is 5. The molecule has 20 heavy (non-hydrogen) atoms. The number of nitrogens with one attached hydrogen (secondary N) is 1. The summed E-state index contributed by atoms with van der Waals surface area (Å²) in [6, 6.07) is 10.8. The maximum absolute atomic E-state index is 4.57. The van der Waals surface area contributed by atoms with Crippen molar-refractivity contribution in [1.29, 1.82) is 0 Å². The quantitative estimate of drug-likeness (QED) is 0.782. The molecule has 4 heteroatoms. The van der Waals surface area contributed by atoms with Gasteiger partial charge >= 0.3 is 0 Å². The Kier molecular flexibility index (Phi) is 5.75. The normalized spacial score (nSPS) is 12.4. The summed E-state index contributed by atoms with van der Waals surface area (Å²) in [5, 5.41) is 3.53. The summed E-state index contributed by atoms with van der Waals surface area (Å²) in [4.78, 5) is 4.57. The van der Waals surface area contributed by atoms with E-state index in [0.717, 1.165) is 27.6 Å². The molecule has 0 radical (unpaired) electrons. The fraction of sp³-hybridized carbons (Fsp3) is 0.312. The van der Waals surface area contributed by atoms with Crippen LogP contribution < -0.4 is 5.32 Å². The van der Waals surface area contributed by atoms with E-state index in [1.54, 1.807) is 0 Å². The van der Waals surface area contributed by atoms with Gasteiger partial charge in [0.1, 0.15) is 0 Å². The molecular formula is C16H18Br2N2. The minimum atomic E-state index is 0.212. The highest BCUT2D eigenvalue weighted by Crippen LogP contribution is 2.27. The standard InChI is InChI=1S/C16H18Br2N2/c1-3-19-15(8-12-7-5-4-6-11(12)2)16-14(18)9-13(17)10-20-16/h4-7,9-10,15,19H,3,8H2,1-2H3. The second-order valence-electron chi connectivity index (χ2n) is 4.76. The molecule has 1 N–H and O–H groups in total. The Bertz CT molecular complexity index is 584. The molecule has 1 heterocycles. The van der Waals surface area contributed by atoms with Gasteiger partial charge in [-0.15, -0.1) is 0 Å². The van der Waals surface area contributed by atoms with Gasteiger partial charge in [0.15, 0.2) is 0 Å². The number of benzene rings is 1. The van der Waals surface area contributed by atoms with E-state index in [0.29, 0.717) is 0 Å². The molecule has 0 spiro atoms. The van der Waals surface area contributed by atoms with E-state index in [-0.39, 0.29) is 6.04 Å². The van der Waals surface area contributed by atoms with Crippen LogP contribution in [-0.2, 0) is 6.42 Å². The smallest absolute Gasteiger partial charge is 0.0719 e. The molecule has 1 aromatic heterocycles. The Labute approximate surface area is 137 Å². The van der Waals surface area contributed by atoms with E-state index in [2.05, 4.69) is 80.3 Å². The summed E-state index contributed by atoms with van der Waals surface area (Å²) in [5.74, 6) is 0. The molecule has 0 bridgehead atoms. The summed E-state index contributed by atoms with van der Waals surface area (Å²) in [5.41, 5.74) is 3.73. The van der Waals surface area contributed by atoms with Crippen molar-refractivity contribution in [2.24, 2.45) is 0 Å². The molecule has 0 aliphatic heterocycles. The van der Waals surface area contributed by atoms with Crippen molar-refractivity contribution in [3.8, 4) is 0 Å². The van der Waals surface area contributed by atoms with Crippen molar-refractivity contribution in [3.63, 3.8) is 0 Å². The third kappa shape index (κ3) is 3.90. The third-order valence-electron chi connectivity index (χ3n) is 3.30. The third-order valence-corrected chi connectivity index (χ3v) is 4.37. The first-order valence-corrected chi connectivity index (χ1v) is 8.29. The Balaban J connectivity index is 2.29. The van der Waals surface area contributed by atoms with E-state index >= 15 is 0 Å². The van der Waals surface area contributed by atoms with Crippen LogP contribution >= 0.6 is 31.9 Å². The Hall–Kier alpha value is -0.710. The largest absolute Gasteiger partial charge is 0.309 e. The van der Waals surface area contributed by atoms with Crippen molar-refractivity contribution < 1.29 is 0 Å². The second-order valence-corrected chi connectivity index (χ2v) is 6.53. The van der Waals surface area contributed by atoms with E-state index in [9.17, 15) is 0 Å². The molecule has 2 rings (SSSR count). The molecule has 0 aliphatic carbocycles. The molecule has 0 saturated carbocycles. The minimum Gasteiger partial charge on any atom is -0.309 e. The van der Waals surface area contributed by atoms with Gasteiger partial charge in [-0.25, -0.2) is 0 Å². The number of aryl methyl sites for hydroxylation is 1. The highest BCUT2D eigenvalue weighted by molar-refractivity contribution is 9.11.